The second-order valence-corrected chi connectivity index (χ2v) is 5.25. The molecule has 5 heteroatoms. The molecule has 0 spiro atoms. The van der Waals surface area contributed by atoms with Crippen LogP contribution in [0.1, 0.15) is 11.3 Å². The Hall–Kier alpha value is -1.46. The smallest absolute Gasteiger partial charge is 0.253 e. The van der Waals surface area contributed by atoms with Crippen molar-refractivity contribution in [3.05, 3.63) is 62.7 Å². The van der Waals surface area contributed by atoms with Crippen LogP contribution in [-0.2, 0) is 13.1 Å². The van der Waals surface area contributed by atoms with Crippen molar-refractivity contribution in [3.8, 4) is 0 Å². The number of halogens is 1. The third-order valence-electron chi connectivity index (χ3n) is 2.79. The first kappa shape index (κ1) is 14.0. The molecule has 0 aliphatic heterocycles. The van der Waals surface area contributed by atoms with Crippen LogP contribution >= 0.6 is 15.9 Å². The molecule has 0 bridgehead atoms. The zero-order chi connectivity index (χ0) is 13.7. The van der Waals surface area contributed by atoms with Crippen LogP contribution in [0.15, 0.2) is 45.9 Å². The van der Waals surface area contributed by atoms with E-state index in [0.717, 1.165) is 22.3 Å². The van der Waals surface area contributed by atoms with Gasteiger partial charge in [0.25, 0.3) is 5.56 Å². The molecule has 0 saturated carbocycles. The van der Waals surface area contributed by atoms with Gasteiger partial charge in [0.2, 0.25) is 0 Å². The number of nitrogens with zero attached hydrogens (tertiary/aromatic N) is 2. The molecular formula is C14H16BrN3O. The monoisotopic (exact) mass is 321 g/mol. The first-order valence-electron chi connectivity index (χ1n) is 6.14. The van der Waals surface area contributed by atoms with E-state index in [1.807, 2.05) is 37.4 Å². The lowest BCUT2D eigenvalue weighted by molar-refractivity contribution is 0.578. The molecular weight excluding hydrogens is 306 g/mol. The van der Waals surface area contributed by atoms with Crippen LogP contribution in [-0.4, -0.2) is 16.1 Å². The number of aromatic nitrogens is 2. The first-order valence-corrected chi connectivity index (χ1v) is 6.93. The molecule has 0 fully saturated rings. The van der Waals surface area contributed by atoms with E-state index in [1.54, 1.807) is 10.8 Å². The highest BCUT2D eigenvalue weighted by atomic mass is 79.9. The average molecular weight is 322 g/mol. The van der Waals surface area contributed by atoms with Crippen molar-refractivity contribution in [3.63, 3.8) is 0 Å². The molecule has 0 aromatic carbocycles. The first-order chi connectivity index (χ1) is 9.16. The minimum Gasteiger partial charge on any atom is -0.313 e. The number of pyridine rings is 2. The highest BCUT2D eigenvalue weighted by Crippen LogP contribution is 2.07. The molecule has 0 unspecified atom stereocenters. The van der Waals surface area contributed by atoms with E-state index < -0.39 is 0 Å². The van der Waals surface area contributed by atoms with Gasteiger partial charge in [-0.05, 0) is 41.1 Å². The van der Waals surface area contributed by atoms with Crippen molar-refractivity contribution < 1.29 is 0 Å². The summed E-state index contributed by atoms with van der Waals surface area (Å²) in [6, 6.07) is 7.67. The minimum atomic E-state index is 0.0582. The van der Waals surface area contributed by atoms with Crippen LogP contribution in [0, 0.1) is 6.92 Å². The summed E-state index contributed by atoms with van der Waals surface area (Å²) in [6.45, 7) is 3.91. The molecule has 2 aromatic rings. The van der Waals surface area contributed by atoms with Gasteiger partial charge in [-0.15, -0.1) is 0 Å². The third kappa shape index (κ3) is 4.01. The number of aryl methyl sites for hydroxylation is 1. The molecule has 100 valence electrons. The number of hydrogen-bond donors (Lipinski definition) is 1. The van der Waals surface area contributed by atoms with Crippen LogP contribution in [0.25, 0.3) is 0 Å². The van der Waals surface area contributed by atoms with E-state index in [2.05, 4.69) is 26.2 Å². The van der Waals surface area contributed by atoms with Gasteiger partial charge in [0.1, 0.15) is 0 Å². The number of nitrogens with one attached hydrogen (secondary N) is 1. The van der Waals surface area contributed by atoms with Crippen molar-refractivity contribution in [2.75, 3.05) is 6.54 Å². The standard InChI is InChI=1S/C14H16BrN3O/c1-11-8-12(15)10-18(14(11)19)7-6-16-9-13-4-2-3-5-17-13/h2-5,8,10,16H,6-7,9H2,1H3. The van der Waals surface area contributed by atoms with Gasteiger partial charge in [0, 0.05) is 42.1 Å². The molecule has 2 heterocycles. The maximum Gasteiger partial charge on any atom is 0.253 e. The van der Waals surface area contributed by atoms with Gasteiger partial charge in [-0.1, -0.05) is 6.07 Å². The molecule has 2 aromatic heterocycles. The molecule has 2 rings (SSSR count). The van der Waals surface area contributed by atoms with Gasteiger partial charge in [-0.3, -0.25) is 9.78 Å². The van der Waals surface area contributed by atoms with E-state index in [0.29, 0.717) is 13.1 Å². The molecule has 19 heavy (non-hydrogen) atoms. The lowest BCUT2D eigenvalue weighted by atomic mass is 10.3. The highest BCUT2D eigenvalue weighted by molar-refractivity contribution is 9.10. The fourth-order valence-corrected chi connectivity index (χ4v) is 2.42. The van der Waals surface area contributed by atoms with Crippen LogP contribution in [0.2, 0.25) is 0 Å². The molecule has 0 aliphatic rings. The van der Waals surface area contributed by atoms with E-state index >= 15 is 0 Å². The fraction of sp³-hybridized carbons (Fsp3) is 0.286. The van der Waals surface area contributed by atoms with E-state index in [9.17, 15) is 4.79 Å². The van der Waals surface area contributed by atoms with Crippen molar-refractivity contribution in [1.29, 1.82) is 0 Å². The lowest BCUT2D eigenvalue weighted by Crippen LogP contribution is -2.27. The molecule has 4 nitrogen and oxygen atoms in total. The summed E-state index contributed by atoms with van der Waals surface area (Å²) < 4.78 is 2.64. The van der Waals surface area contributed by atoms with E-state index in [-0.39, 0.29) is 5.56 Å². The molecule has 0 amide bonds. The van der Waals surface area contributed by atoms with Gasteiger partial charge in [0.15, 0.2) is 0 Å². The van der Waals surface area contributed by atoms with Gasteiger partial charge in [-0.2, -0.15) is 0 Å². The summed E-state index contributed by atoms with van der Waals surface area (Å²) in [7, 11) is 0. The van der Waals surface area contributed by atoms with Crippen molar-refractivity contribution in [2.45, 2.75) is 20.0 Å². The Morgan fingerprint density at radius 3 is 3.00 bits per heavy atom. The van der Waals surface area contributed by atoms with Crippen LogP contribution in [0.5, 0.6) is 0 Å². The Labute approximate surface area is 120 Å². The Morgan fingerprint density at radius 2 is 2.26 bits per heavy atom. The average Bonchev–Trinajstić information content (AvgIpc) is 2.41. The fourth-order valence-electron chi connectivity index (χ4n) is 1.82. The summed E-state index contributed by atoms with van der Waals surface area (Å²) in [6.07, 6.45) is 3.59. The van der Waals surface area contributed by atoms with Gasteiger partial charge >= 0.3 is 0 Å². The van der Waals surface area contributed by atoms with Gasteiger partial charge < -0.3 is 9.88 Å². The summed E-state index contributed by atoms with van der Waals surface area (Å²) in [4.78, 5) is 16.1. The normalized spacial score (nSPS) is 10.6. The Bertz CT molecular complexity index is 595. The minimum absolute atomic E-state index is 0.0582. The predicted octanol–water partition coefficient (Wildman–Crippen LogP) is 2.10. The zero-order valence-corrected chi connectivity index (χ0v) is 12.4. The van der Waals surface area contributed by atoms with Crippen LogP contribution < -0.4 is 10.9 Å². The van der Waals surface area contributed by atoms with Crippen LogP contribution in [0.4, 0.5) is 0 Å². The summed E-state index contributed by atoms with van der Waals surface area (Å²) in [5.41, 5.74) is 1.81. The molecule has 1 N–H and O–H groups in total. The van der Waals surface area contributed by atoms with Crippen molar-refractivity contribution in [2.24, 2.45) is 0 Å². The predicted molar refractivity (Wildman–Crippen MR) is 79.1 cm³/mol. The van der Waals surface area contributed by atoms with E-state index in [4.69, 9.17) is 0 Å². The van der Waals surface area contributed by atoms with E-state index in [1.165, 1.54) is 0 Å². The Balaban J connectivity index is 1.88. The number of rotatable bonds is 5. The lowest BCUT2D eigenvalue weighted by Gasteiger charge is -2.08. The van der Waals surface area contributed by atoms with Crippen molar-refractivity contribution >= 4 is 15.9 Å². The molecule has 0 atom stereocenters. The largest absolute Gasteiger partial charge is 0.313 e. The molecule has 0 aliphatic carbocycles. The van der Waals surface area contributed by atoms with Crippen LogP contribution in [0.3, 0.4) is 0 Å². The topological polar surface area (TPSA) is 46.9 Å². The third-order valence-corrected chi connectivity index (χ3v) is 3.23. The molecule has 0 radical (unpaired) electrons. The summed E-state index contributed by atoms with van der Waals surface area (Å²) in [5.74, 6) is 0. The SMILES string of the molecule is Cc1cc(Br)cn(CCNCc2ccccn2)c1=O. The Morgan fingerprint density at radius 1 is 1.42 bits per heavy atom. The maximum atomic E-state index is 11.9. The van der Waals surface area contributed by atoms with Gasteiger partial charge in [0.05, 0.1) is 5.69 Å². The maximum absolute atomic E-state index is 11.9. The van der Waals surface area contributed by atoms with Gasteiger partial charge in [-0.25, -0.2) is 0 Å². The summed E-state index contributed by atoms with van der Waals surface area (Å²) >= 11 is 3.40. The quantitative estimate of drug-likeness (QED) is 0.858. The Kier molecular flexibility index (Phi) is 4.87. The summed E-state index contributed by atoms with van der Waals surface area (Å²) in [5, 5.41) is 3.28. The zero-order valence-electron chi connectivity index (χ0n) is 10.8. The second-order valence-electron chi connectivity index (χ2n) is 4.34. The van der Waals surface area contributed by atoms with Crippen molar-refractivity contribution in [1.82, 2.24) is 14.9 Å². The highest BCUT2D eigenvalue weighted by Gasteiger charge is 2.01. The number of hydrogen-bond acceptors (Lipinski definition) is 3. The molecule has 0 saturated heterocycles. The second kappa shape index (κ2) is 6.63.